The molecule has 2 saturated heterocycles. The summed E-state index contributed by atoms with van der Waals surface area (Å²) in [6.45, 7) is 2.89. The van der Waals surface area contributed by atoms with Crippen LogP contribution in [0.2, 0.25) is 10.0 Å². The van der Waals surface area contributed by atoms with Gasteiger partial charge in [0.15, 0.2) is 0 Å². The fraction of sp³-hybridized carbons (Fsp3) is 0.259. The summed E-state index contributed by atoms with van der Waals surface area (Å²) in [5.74, 6) is 0.115. The molecule has 3 amide bonds. The molecule has 0 aromatic heterocycles. The third-order valence-electron chi connectivity index (χ3n) is 7.10. The highest BCUT2D eigenvalue weighted by Crippen LogP contribution is 2.57. The Morgan fingerprint density at radius 2 is 1.62 bits per heavy atom. The van der Waals surface area contributed by atoms with Gasteiger partial charge in [-0.1, -0.05) is 59.6 Å². The lowest BCUT2D eigenvalue weighted by atomic mass is 9.62. The third-order valence-corrected chi connectivity index (χ3v) is 7.76. The SMILES string of the molecule is Cc1c(Cl)cccc1NC(=O)N1CCC2(CC1)C(=O)N(c1ccccc1)C2c1ccc(Cl)cc1. The van der Waals surface area contributed by atoms with Gasteiger partial charge in [-0.05, 0) is 67.3 Å². The molecule has 2 aliphatic rings. The average molecular weight is 494 g/mol. The van der Waals surface area contributed by atoms with E-state index in [2.05, 4.69) is 5.32 Å². The molecule has 34 heavy (non-hydrogen) atoms. The molecule has 2 heterocycles. The van der Waals surface area contributed by atoms with Gasteiger partial charge in [0.1, 0.15) is 0 Å². The maximum absolute atomic E-state index is 13.6. The van der Waals surface area contributed by atoms with Gasteiger partial charge in [-0.2, -0.15) is 0 Å². The van der Waals surface area contributed by atoms with Crippen molar-refractivity contribution in [3.05, 3.63) is 94.0 Å². The number of benzene rings is 3. The van der Waals surface area contributed by atoms with Crippen LogP contribution in [0.5, 0.6) is 0 Å². The zero-order chi connectivity index (χ0) is 23.9. The summed E-state index contributed by atoms with van der Waals surface area (Å²) in [4.78, 5) is 30.2. The number of carbonyl (C=O) groups is 2. The number of β-lactam (4-membered cyclic amide) rings is 1. The van der Waals surface area contributed by atoms with Gasteiger partial charge in [-0.25, -0.2) is 4.79 Å². The molecule has 0 radical (unpaired) electrons. The third kappa shape index (κ3) is 3.83. The zero-order valence-electron chi connectivity index (χ0n) is 18.8. The quantitative estimate of drug-likeness (QED) is 0.412. The smallest absolute Gasteiger partial charge is 0.321 e. The van der Waals surface area contributed by atoms with Gasteiger partial charge in [0.25, 0.3) is 0 Å². The lowest BCUT2D eigenvalue weighted by Gasteiger charge is -2.59. The molecule has 7 heteroatoms. The number of para-hydroxylation sites is 1. The largest absolute Gasteiger partial charge is 0.324 e. The number of nitrogens with zero attached hydrogens (tertiary/aromatic N) is 2. The lowest BCUT2D eigenvalue weighted by Crippen LogP contribution is -2.67. The summed E-state index contributed by atoms with van der Waals surface area (Å²) in [6, 6.07) is 22.7. The molecule has 3 aromatic rings. The van der Waals surface area contributed by atoms with Gasteiger partial charge in [0.2, 0.25) is 5.91 Å². The Hall–Kier alpha value is -3.02. The van der Waals surface area contributed by atoms with E-state index in [0.29, 0.717) is 41.7 Å². The summed E-state index contributed by atoms with van der Waals surface area (Å²) >= 11 is 12.3. The van der Waals surface area contributed by atoms with Crippen LogP contribution in [0.3, 0.4) is 0 Å². The van der Waals surface area contributed by atoms with Gasteiger partial charge in [0, 0.05) is 34.5 Å². The van der Waals surface area contributed by atoms with Gasteiger partial charge < -0.3 is 15.1 Å². The second-order valence-corrected chi connectivity index (χ2v) is 9.79. The number of nitrogens with one attached hydrogen (secondary N) is 1. The summed E-state index contributed by atoms with van der Waals surface area (Å²) in [7, 11) is 0. The van der Waals surface area contributed by atoms with Gasteiger partial charge in [0.05, 0.1) is 11.5 Å². The Morgan fingerprint density at radius 3 is 2.29 bits per heavy atom. The molecule has 174 valence electrons. The first-order valence-corrected chi connectivity index (χ1v) is 12.1. The van der Waals surface area contributed by atoms with Crippen molar-refractivity contribution in [3.8, 4) is 0 Å². The number of amides is 3. The van der Waals surface area contributed by atoms with Crippen LogP contribution < -0.4 is 10.2 Å². The molecular formula is C27H25Cl2N3O2. The highest BCUT2D eigenvalue weighted by Gasteiger charge is 2.62. The van der Waals surface area contributed by atoms with E-state index in [9.17, 15) is 9.59 Å². The summed E-state index contributed by atoms with van der Waals surface area (Å²) in [6.07, 6.45) is 1.20. The van der Waals surface area contributed by atoms with Gasteiger partial charge in [-0.15, -0.1) is 0 Å². The van der Waals surface area contributed by atoms with Crippen LogP contribution in [0.1, 0.15) is 30.0 Å². The monoisotopic (exact) mass is 493 g/mol. The molecule has 1 spiro atoms. The van der Waals surface area contributed by atoms with Crippen molar-refractivity contribution in [3.63, 3.8) is 0 Å². The molecule has 0 aliphatic carbocycles. The van der Waals surface area contributed by atoms with Crippen molar-refractivity contribution in [1.82, 2.24) is 4.90 Å². The predicted molar refractivity (Wildman–Crippen MR) is 137 cm³/mol. The van der Waals surface area contributed by atoms with Crippen molar-refractivity contribution in [1.29, 1.82) is 0 Å². The highest BCUT2D eigenvalue weighted by molar-refractivity contribution is 6.31. The van der Waals surface area contributed by atoms with E-state index < -0.39 is 5.41 Å². The molecule has 0 saturated carbocycles. The molecule has 5 nitrogen and oxygen atoms in total. The first kappa shape index (κ1) is 22.8. The number of anilines is 2. The molecule has 3 aromatic carbocycles. The van der Waals surface area contributed by atoms with E-state index >= 15 is 0 Å². The Balaban J connectivity index is 1.37. The van der Waals surface area contributed by atoms with Gasteiger partial charge in [-0.3, -0.25) is 4.79 Å². The van der Waals surface area contributed by atoms with Crippen molar-refractivity contribution in [2.75, 3.05) is 23.3 Å². The minimum Gasteiger partial charge on any atom is -0.324 e. The number of halogens is 2. The maximum atomic E-state index is 13.6. The van der Waals surface area contributed by atoms with Crippen LogP contribution in [-0.2, 0) is 4.79 Å². The second kappa shape index (κ2) is 8.97. The number of hydrogen-bond acceptors (Lipinski definition) is 2. The van der Waals surface area contributed by atoms with Crippen molar-refractivity contribution >= 4 is 46.5 Å². The predicted octanol–water partition coefficient (Wildman–Crippen LogP) is 6.70. The zero-order valence-corrected chi connectivity index (χ0v) is 20.3. The number of carbonyl (C=O) groups excluding carboxylic acids is 2. The lowest BCUT2D eigenvalue weighted by molar-refractivity contribution is -0.144. The van der Waals surface area contributed by atoms with Crippen LogP contribution in [-0.4, -0.2) is 29.9 Å². The fourth-order valence-corrected chi connectivity index (χ4v) is 5.46. The number of likely N-dealkylation sites (tertiary alicyclic amines) is 1. The highest BCUT2D eigenvalue weighted by atomic mass is 35.5. The maximum Gasteiger partial charge on any atom is 0.321 e. The van der Waals surface area contributed by atoms with E-state index in [0.717, 1.165) is 16.8 Å². The van der Waals surface area contributed by atoms with Crippen LogP contribution in [0.25, 0.3) is 0 Å². The minimum atomic E-state index is -0.535. The van der Waals surface area contributed by atoms with Crippen LogP contribution in [0, 0.1) is 12.3 Å². The van der Waals surface area contributed by atoms with E-state index in [4.69, 9.17) is 23.2 Å². The van der Waals surface area contributed by atoms with Crippen molar-refractivity contribution in [2.24, 2.45) is 5.41 Å². The van der Waals surface area contributed by atoms with Crippen molar-refractivity contribution in [2.45, 2.75) is 25.8 Å². The Bertz CT molecular complexity index is 1220. The molecule has 1 unspecified atom stereocenters. The Morgan fingerprint density at radius 1 is 0.941 bits per heavy atom. The Labute approximate surface area is 209 Å². The normalized spacial score (nSPS) is 19.1. The number of rotatable bonds is 3. The number of piperidine rings is 1. The average Bonchev–Trinajstić information content (AvgIpc) is 2.86. The van der Waals surface area contributed by atoms with Gasteiger partial charge >= 0.3 is 6.03 Å². The molecule has 2 aliphatic heterocycles. The minimum absolute atomic E-state index is 0.0972. The molecule has 1 N–H and O–H groups in total. The van der Waals surface area contributed by atoms with Crippen LogP contribution in [0.15, 0.2) is 72.8 Å². The van der Waals surface area contributed by atoms with E-state index in [1.54, 1.807) is 11.0 Å². The van der Waals surface area contributed by atoms with E-state index in [-0.39, 0.29) is 18.0 Å². The van der Waals surface area contributed by atoms with Crippen LogP contribution >= 0.6 is 23.2 Å². The molecule has 5 rings (SSSR count). The number of hydrogen-bond donors (Lipinski definition) is 1. The van der Waals surface area contributed by atoms with Crippen molar-refractivity contribution < 1.29 is 9.59 Å². The van der Waals surface area contributed by atoms with E-state index in [1.165, 1.54) is 0 Å². The first-order valence-electron chi connectivity index (χ1n) is 11.4. The standard InChI is InChI=1S/C27H25Cl2N3O2/c1-18-22(29)8-5-9-23(18)30-26(34)31-16-14-27(15-17-31)24(19-10-12-20(28)13-11-19)32(25(27)33)21-6-3-2-4-7-21/h2-13,24H,14-17H2,1H3,(H,30,34). The number of urea groups is 1. The summed E-state index contributed by atoms with van der Waals surface area (Å²) in [5, 5.41) is 4.25. The molecular weight excluding hydrogens is 469 g/mol. The topological polar surface area (TPSA) is 52.7 Å². The van der Waals surface area contributed by atoms with E-state index in [1.807, 2.05) is 78.6 Å². The Kier molecular flexibility index (Phi) is 6.00. The first-order chi connectivity index (χ1) is 16.4. The molecule has 1 atom stereocenters. The second-order valence-electron chi connectivity index (χ2n) is 8.95. The molecule has 0 bridgehead atoms. The summed E-state index contributed by atoms with van der Waals surface area (Å²) < 4.78 is 0. The summed E-state index contributed by atoms with van der Waals surface area (Å²) in [5.41, 5.74) is 2.94. The fourth-order valence-electron chi connectivity index (χ4n) is 5.16. The molecule has 2 fully saturated rings. The van der Waals surface area contributed by atoms with Crippen LogP contribution in [0.4, 0.5) is 16.2 Å².